The standard InChI is InChI=1S/C20H17F4N3O2S/c21-13-5-6-15-17(9-13)30-19(26-15)25-10-12-7-8-27(11-12)18(28)14-3-1-2-4-16(14)29-20(22,23)24/h1-6,9,12H,7-8,10-11H2,(H,25,26). The van der Waals surface area contributed by atoms with Crippen molar-refractivity contribution in [2.45, 2.75) is 12.8 Å². The molecule has 1 aliphatic heterocycles. The molecule has 158 valence electrons. The molecule has 30 heavy (non-hydrogen) atoms. The number of amides is 1. The van der Waals surface area contributed by atoms with Gasteiger partial charge in [0.1, 0.15) is 11.6 Å². The van der Waals surface area contributed by atoms with Crippen molar-refractivity contribution < 1.29 is 27.1 Å². The minimum atomic E-state index is -4.87. The lowest BCUT2D eigenvalue weighted by Crippen LogP contribution is -2.30. The summed E-state index contributed by atoms with van der Waals surface area (Å²) in [4.78, 5) is 18.7. The average Bonchev–Trinajstić information content (AvgIpc) is 3.31. The molecule has 1 N–H and O–H groups in total. The monoisotopic (exact) mass is 439 g/mol. The maximum atomic E-state index is 13.3. The van der Waals surface area contributed by atoms with Gasteiger partial charge in [-0.1, -0.05) is 23.5 Å². The van der Waals surface area contributed by atoms with E-state index in [1.54, 1.807) is 6.07 Å². The second-order valence-corrected chi connectivity index (χ2v) is 7.99. The van der Waals surface area contributed by atoms with Crippen molar-refractivity contribution in [1.82, 2.24) is 9.88 Å². The number of anilines is 1. The molecule has 0 radical (unpaired) electrons. The molecule has 4 rings (SSSR count). The zero-order chi connectivity index (χ0) is 21.3. The van der Waals surface area contributed by atoms with E-state index < -0.39 is 18.0 Å². The largest absolute Gasteiger partial charge is 0.573 e. The number of fused-ring (bicyclic) bond motifs is 1. The van der Waals surface area contributed by atoms with Crippen LogP contribution in [-0.4, -0.2) is 41.8 Å². The van der Waals surface area contributed by atoms with Crippen LogP contribution >= 0.6 is 11.3 Å². The molecule has 1 unspecified atom stereocenters. The first-order valence-electron chi connectivity index (χ1n) is 9.22. The summed E-state index contributed by atoms with van der Waals surface area (Å²) in [6.45, 7) is 1.40. The highest BCUT2D eigenvalue weighted by Gasteiger charge is 2.34. The number of hydrogen-bond donors (Lipinski definition) is 1. The van der Waals surface area contributed by atoms with Gasteiger partial charge in [-0.3, -0.25) is 4.79 Å². The van der Waals surface area contributed by atoms with Gasteiger partial charge in [0.05, 0.1) is 15.8 Å². The second kappa shape index (κ2) is 8.10. The van der Waals surface area contributed by atoms with Crippen LogP contribution in [0.4, 0.5) is 22.7 Å². The van der Waals surface area contributed by atoms with Crippen LogP contribution in [0.25, 0.3) is 10.2 Å². The third kappa shape index (κ3) is 4.64. The first-order chi connectivity index (χ1) is 14.3. The van der Waals surface area contributed by atoms with Crippen molar-refractivity contribution in [3.8, 4) is 5.75 Å². The van der Waals surface area contributed by atoms with Crippen LogP contribution in [-0.2, 0) is 0 Å². The summed E-state index contributed by atoms with van der Waals surface area (Å²) in [5, 5.41) is 3.87. The van der Waals surface area contributed by atoms with Gasteiger partial charge in [-0.25, -0.2) is 9.37 Å². The fourth-order valence-electron chi connectivity index (χ4n) is 3.42. The fourth-order valence-corrected chi connectivity index (χ4v) is 4.31. The number of thiazole rings is 1. The lowest BCUT2D eigenvalue weighted by atomic mass is 10.1. The van der Waals surface area contributed by atoms with Crippen molar-refractivity contribution in [2.24, 2.45) is 5.92 Å². The van der Waals surface area contributed by atoms with E-state index in [9.17, 15) is 22.4 Å². The van der Waals surface area contributed by atoms with Crippen molar-refractivity contribution >= 4 is 32.6 Å². The van der Waals surface area contributed by atoms with Crippen LogP contribution in [0.5, 0.6) is 5.75 Å². The summed E-state index contributed by atoms with van der Waals surface area (Å²) in [7, 11) is 0. The Balaban J connectivity index is 1.38. The average molecular weight is 439 g/mol. The lowest BCUT2D eigenvalue weighted by molar-refractivity contribution is -0.274. The van der Waals surface area contributed by atoms with E-state index in [4.69, 9.17) is 0 Å². The summed E-state index contributed by atoms with van der Waals surface area (Å²) in [6.07, 6.45) is -4.16. The van der Waals surface area contributed by atoms with Crippen molar-refractivity contribution in [3.63, 3.8) is 0 Å². The van der Waals surface area contributed by atoms with Crippen LogP contribution < -0.4 is 10.1 Å². The molecule has 1 saturated heterocycles. The quantitative estimate of drug-likeness (QED) is 0.574. The summed E-state index contributed by atoms with van der Waals surface area (Å²) in [5.74, 6) is -1.20. The summed E-state index contributed by atoms with van der Waals surface area (Å²) < 4.78 is 55.8. The number of halogens is 4. The van der Waals surface area contributed by atoms with Gasteiger partial charge >= 0.3 is 6.36 Å². The zero-order valence-electron chi connectivity index (χ0n) is 15.6. The van der Waals surface area contributed by atoms with E-state index in [0.717, 1.165) is 10.8 Å². The van der Waals surface area contributed by atoms with E-state index in [2.05, 4.69) is 15.0 Å². The highest BCUT2D eigenvalue weighted by atomic mass is 32.1. The number of hydrogen-bond acceptors (Lipinski definition) is 5. The van der Waals surface area contributed by atoms with E-state index >= 15 is 0 Å². The molecule has 1 aromatic heterocycles. The van der Waals surface area contributed by atoms with Gasteiger partial charge in [0.15, 0.2) is 5.13 Å². The van der Waals surface area contributed by atoms with Crippen LogP contribution in [0.15, 0.2) is 42.5 Å². The van der Waals surface area contributed by atoms with Gasteiger partial charge in [-0.15, -0.1) is 13.2 Å². The summed E-state index contributed by atoms with van der Waals surface area (Å²) in [6, 6.07) is 9.74. The third-order valence-corrected chi connectivity index (χ3v) is 5.78. The van der Waals surface area contributed by atoms with E-state index in [-0.39, 0.29) is 17.3 Å². The number of benzene rings is 2. The van der Waals surface area contributed by atoms with Gasteiger partial charge in [0.25, 0.3) is 5.91 Å². The Kier molecular flexibility index (Phi) is 5.50. The van der Waals surface area contributed by atoms with E-state index in [0.29, 0.717) is 36.7 Å². The van der Waals surface area contributed by atoms with Crippen molar-refractivity contribution in [2.75, 3.05) is 25.0 Å². The van der Waals surface area contributed by atoms with Gasteiger partial charge in [0, 0.05) is 19.6 Å². The predicted molar refractivity (Wildman–Crippen MR) is 105 cm³/mol. The van der Waals surface area contributed by atoms with Crippen LogP contribution in [0.3, 0.4) is 0 Å². The van der Waals surface area contributed by atoms with E-state index in [1.807, 2.05) is 0 Å². The highest BCUT2D eigenvalue weighted by Crippen LogP contribution is 2.30. The fraction of sp³-hybridized carbons (Fsp3) is 0.300. The maximum absolute atomic E-state index is 13.3. The molecule has 0 aliphatic carbocycles. The van der Waals surface area contributed by atoms with Gasteiger partial charge in [-0.2, -0.15) is 0 Å². The zero-order valence-corrected chi connectivity index (χ0v) is 16.4. The Bertz CT molecular complexity index is 1070. The van der Waals surface area contributed by atoms with E-state index in [1.165, 1.54) is 46.6 Å². The Morgan fingerprint density at radius 2 is 2.07 bits per heavy atom. The molecule has 0 bridgehead atoms. The molecular weight excluding hydrogens is 422 g/mol. The molecule has 2 heterocycles. The van der Waals surface area contributed by atoms with Crippen LogP contribution in [0, 0.1) is 11.7 Å². The number of carbonyl (C=O) groups is 1. The molecule has 2 aromatic carbocycles. The summed E-state index contributed by atoms with van der Waals surface area (Å²) >= 11 is 1.34. The number of alkyl halides is 3. The molecule has 1 fully saturated rings. The topological polar surface area (TPSA) is 54.5 Å². The van der Waals surface area contributed by atoms with Crippen LogP contribution in [0.1, 0.15) is 16.8 Å². The molecule has 1 atom stereocenters. The van der Waals surface area contributed by atoms with Crippen LogP contribution in [0.2, 0.25) is 0 Å². The molecule has 0 spiro atoms. The molecule has 10 heteroatoms. The number of nitrogens with zero attached hydrogens (tertiary/aromatic N) is 2. The lowest BCUT2D eigenvalue weighted by Gasteiger charge is -2.19. The number of likely N-dealkylation sites (tertiary alicyclic amines) is 1. The summed E-state index contributed by atoms with van der Waals surface area (Å²) in [5.41, 5.74) is 0.588. The Hall–Kier alpha value is -2.88. The number of para-hydroxylation sites is 1. The Labute approximate surface area is 173 Å². The molecule has 1 amide bonds. The maximum Gasteiger partial charge on any atom is 0.573 e. The number of carbonyl (C=O) groups excluding carboxylic acids is 1. The highest BCUT2D eigenvalue weighted by molar-refractivity contribution is 7.22. The Morgan fingerprint density at radius 1 is 1.27 bits per heavy atom. The van der Waals surface area contributed by atoms with Crippen molar-refractivity contribution in [1.29, 1.82) is 0 Å². The number of aromatic nitrogens is 1. The van der Waals surface area contributed by atoms with Crippen molar-refractivity contribution in [3.05, 3.63) is 53.8 Å². The van der Waals surface area contributed by atoms with Gasteiger partial charge in [0.2, 0.25) is 0 Å². The molecule has 0 saturated carbocycles. The predicted octanol–water partition coefficient (Wildman–Crippen LogP) is 4.91. The molecule has 1 aliphatic rings. The normalized spacial score (nSPS) is 16.8. The Morgan fingerprint density at radius 3 is 2.87 bits per heavy atom. The minimum Gasteiger partial charge on any atom is -0.405 e. The second-order valence-electron chi connectivity index (χ2n) is 6.96. The first-order valence-corrected chi connectivity index (χ1v) is 10.0. The minimum absolute atomic E-state index is 0.114. The number of rotatable bonds is 5. The van der Waals surface area contributed by atoms with Gasteiger partial charge < -0.3 is 15.0 Å². The third-order valence-electron chi connectivity index (χ3n) is 4.81. The smallest absolute Gasteiger partial charge is 0.405 e. The molecule has 3 aromatic rings. The SMILES string of the molecule is O=C(c1ccccc1OC(F)(F)F)N1CCC(CNc2nc3ccc(F)cc3s2)C1. The first kappa shape index (κ1) is 20.4. The van der Waals surface area contributed by atoms with Gasteiger partial charge in [-0.05, 0) is 42.7 Å². The number of ether oxygens (including phenoxy) is 1. The molecule has 5 nitrogen and oxygen atoms in total. The molecular formula is C20H17F4N3O2S. The number of nitrogens with one attached hydrogen (secondary N) is 1.